The van der Waals surface area contributed by atoms with Crippen LogP contribution in [0.1, 0.15) is 29.8 Å². The van der Waals surface area contributed by atoms with Gasteiger partial charge in [-0.05, 0) is 18.6 Å². The molecular formula is C11H17N3O. The SMILES string of the molecule is Cc1cnc(N)c(C(=O)C(C)(C)CN)c1. The number of nitrogens with two attached hydrogens (primary N) is 2. The number of pyridine rings is 1. The second-order valence-electron chi connectivity index (χ2n) is 4.36. The number of carbonyl (C=O) groups excluding carboxylic acids is 1. The second kappa shape index (κ2) is 3.98. The van der Waals surface area contributed by atoms with Crippen LogP contribution in [0, 0.1) is 12.3 Å². The third-order valence-corrected chi connectivity index (χ3v) is 2.42. The Balaban J connectivity index is 3.17. The van der Waals surface area contributed by atoms with E-state index in [1.165, 1.54) is 0 Å². The number of nitrogen functional groups attached to an aromatic ring is 1. The fourth-order valence-electron chi connectivity index (χ4n) is 1.22. The first-order chi connectivity index (χ1) is 6.88. The number of rotatable bonds is 3. The van der Waals surface area contributed by atoms with E-state index in [9.17, 15) is 4.79 Å². The molecule has 4 nitrogen and oxygen atoms in total. The molecule has 15 heavy (non-hydrogen) atoms. The van der Waals surface area contributed by atoms with Crippen molar-refractivity contribution >= 4 is 11.6 Å². The topological polar surface area (TPSA) is 82.0 Å². The lowest BCUT2D eigenvalue weighted by Gasteiger charge is -2.21. The third-order valence-electron chi connectivity index (χ3n) is 2.42. The van der Waals surface area contributed by atoms with Crippen LogP contribution in [-0.2, 0) is 0 Å². The van der Waals surface area contributed by atoms with E-state index in [1.54, 1.807) is 26.1 Å². The van der Waals surface area contributed by atoms with Gasteiger partial charge in [0.05, 0.1) is 5.56 Å². The largest absolute Gasteiger partial charge is 0.383 e. The smallest absolute Gasteiger partial charge is 0.173 e. The Morgan fingerprint density at radius 3 is 2.67 bits per heavy atom. The molecule has 0 radical (unpaired) electrons. The third kappa shape index (κ3) is 2.33. The summed E-state index contributed by atoms with van der Waals surface area (Å²) in [6, 6.07) is 1.75. The number of Topliss-reactive ketones (excluding diaryl/α,β-unsaturated/α-hetero) is 1. The maximum Gasteiger partial charge on any atom is 0.173 e. The zero-order chi connectivity index (χ0) is 11.6. The van der Waals surface area contributed by atoms with Crippen LogP contribution in [0.3, 0.4) is 0 Å². The van der Waals surface area contributed by atoms with Crippen molar-refractivity contribution in [2.24, 2.45) is 11.1 Å². The second-order valence-corrected chi connectivity index (χ2v) is 4.36. The van der Waals surface area contributed by atoms with Crippen LogP contribution in [0.25, 0.3) is 0 Å². The molecular weight excluding hydrogens is 190 g/mol. The van der Waals surface area contributed by atoms with Crippen molar-refractivity contribution in [2.45, 2.75) is 20.8 Å². The van der Waals surface area contributed by atoms with Gasteiger partial charge in [0, 0.05) is 18.2 Å². The van der Waals surface area contributed by atoms with Crippen molar-refractivity contribution in [1.82, 2.24) is 4.98 Å². The summed E-state index contributed by atoms with van der Waals surface area (Å²) >= 11 is 0. The molecule has 0 aromatic carbocycles. The highest BCUT2D eigenvalue weighted by molar-refractivity contribution is 6.03. The van der Waals surface area contributed by atoms with Gasteiger partial charge in [0.1, 0.15) is 5.82 Å². The molecule has 4 heteroatoms. The number of hydrogen-bond acceptors (Lipinski definition) is 4. The Hall–Kier alpha value is -1.42. The van der Waals surface area contributed by atoms with Crippen LogP contribution >= 0.6 is 0 Å². The molecule has 0 saturated carbocycles. The minimum atomic E-state index is -0.594. The first kappa shape index (κ1) is 11.7. The average Bonchev–Trinajstić information content (AvgIpc) is 2.20. The van der Waals surface area contributed by atoms with Gasteiger partial charge in [-0.3, -0.25) is 4.79 Å². The van der Waals surface area contributed by atoms with E-state index >= 15 is 0 Å². The molecule has 82 valence electrons. The van der Waals surface area contributed by atoms with Gasteiger partial charge in [-0.15, -0.1) is 0 Å². The van der Waals surface area contributed by atoms with Crippen molar-refractivity contribution < 1.29 is 4.79 Å². The number of ketones is 1. The maximum atomic E-state index is 12.1. The molecule has 0 fully saturated rings. The van der Waals surface area contributed by atoms with Gasteiger partial charge in [0.25, 0.3) is 0 Å². The molecule has 1 heterocycles. The Labute approximate surface area is 89.7 Å². The summed E-state index contributed by atoms with van der Waals surface area (Å²) < 4.78 is 0. The minimum Gasteiger partial charge on any atom is -0.383 e. The molecule has 1 aromatic rings. The average molecular weight is 207 g/mol. The van der Waals surface area contributed by atoms with Crippen LogP contribution < -0.4 is 11.5 Å². The summed E-state index contributed by atoms with van der Waals surface area (Å²) in [5, 5.41) is 0. The lowest BCUT2D eigenvalue weighted by molar-refractivity contribution is 0.0848. The number of aromatic nitrogens is 1. The summed E-state index contributed by atoms with van der Waals surface area (Å²) in [5.74, 6) is 0.214. The zero-order valence-electron chi connectivity index (χ0n) is 9.37. The van der Waals surface area contributed by atoms with Crippen LogP contribution in [0.4, 0.5) is 5.82 Å². The molecule has 0 amide bonds. The van der Waals surface area contributed by atoms with E-state index in [2.05, 4.69) is 4.98 Å². The van der Waals surface area contributed by atoms with Crippen LogP contribution in [0.15, 0.2) is 12.3 Å². The first-order valence-electron chi connectivity index (χ1n) is 4.85. The summed E-state index contributed by atoms with van der Waals surface area (Å²) in [4.78, 5) is 16.0. The highest BCUT2D eigenvalue weighted by Gasteiger charge is 2.28. The van der Waals surface area contributed by atoms with E-state index in [4.69, 9.17) is 11.5 Å². The van der Waals surface area contributed by atoms with Crippen molar-refractivity contribution in [3.63, 3.8) is 0 Å². The highest BCUT2D eigenvalue weighted by Crippen LogP contribution is 2.23. The molecule has 0 atom stereocenters. The van der Waals surface area contributed by atoms with E-state index in [0.717, 1.165) is 5.56 Å². The van der Waals surface area contributed by atoms with Gasteiger partial charge in [-0.1, -0.05) is 13.8 Å². The van der Waals surface area contributed by atoms with Crippen molar-refractivity contribution in [3.8, 4) is 0 Å². The van der Waals surface area contributed by atoms with E-state index < -0.39 is 5.41 Å². The summed E-state index contributed by atoms with van der Waals surface area (Å²) in [6.45, 7) is 5.77. The van der Waals surface area contributed by atoms with Gasteiger partial charge in [-0.2, -0.15) is 0 Å². The number of hydrogen-bond donors (Lipinski definition) is 2. The van der Waals surface area contributed by atoms with E-state index in [-0.39, 0.29) is 11.6 Å². The molecule has 0 saturated heterocycles. The molecule has 1 rings (SSSR count). The van der Waals surface area contributed by atoms with Crippen molar-refractivity contribution in [1.29, 1.82) is 0 Å². The van der Waals surface area contributed by atoms with Gasteiger partial charge in [0.15, 0.2) is 5.78 Å². The number of anilines is 1. The van der Waals surface area contributed by atoms with Crippen LogP contribution in [-0.4, -0.2) is 17.3 Å². The van der Waals surface area contributed by atoms with E-state index in [0.29, 0.717) is 12.1 Å². The fourth-order valence-corrected chi connectivity index (χ4v) is 1.22. The zero-order valence-corrected chi connectivity index (χ0v) is 9.37. The lowest BCUT2D eigenvalue weighted by Crippen LogP contribution is -2.33. The Morgan fingerprint density at radius 1 is 1.53 bits per heavy atom. The molecule has 1 aromatic heterocycles. The van der Waals surface area contributed by atoms with Crippen LogP contribution in [0.2, 0.25) is 0 Å². The lowest BCUT2D eigenvalue weighted by atomic mass is 9.84. The summed E-state index contributed by atoms with van der Waals surface area (Å²) in [7, 11) is 0. The Kier molecular flexibility index (Phi) is 3.09. The predicted octanol–water partition coefficient (Wildman–Crippen LogP) is 1.14. The first-order valence-corrected chi connectivity index (χ1v) is 4.85. The van der Waals surface area contributed by atoms with Crippen molar-refractivity contribution in [3.05, 3.63) is 23.4 Å². The molecule has 0 spiro atoms. The molecule has 0 bridgehead atoms. The monoisotopic (exact) mass is 207 g/mol. The summed E-state index contributed by atoms with van der Waals surface area (Å²) in [5.41, 5.74) is 12.0. The quantitative estimate of drug-likeness (QED) is 0.728. The number of nitrogens with zero attached hydrogens (tertiary/aromatic N) is 1. The molecule has 0 unspecified atom stereocenters. The Bertz CT molecular complexity index is 385. The normalized spacial score (nSPS) is 11.5. The standard InChI is InChI=1S/C11H17N3O/c1-7-4-8(10(13)14-5-7)9(15)11(2,3)6-12/h4-5H,6,12H2,1-3H3,(H2,13,14). The number of aryl methyl sites for hydroxylation is 1. The van der Waals surface area contributed by atoms with Crippen LogP contribution in [0.5, 0.6) is 0 Å². The summed E-state index contributed by atoms with van der Waals surface area (Å²) in [6.07, 6.45) is 1.64. The van der Waals surface area contributed by atoms with Gasteiger partial charge in [-0.25, -0.2) is 4.98 Å². The number of carbonyl (C=O) groups is 1. The molecule has 0 aliphatic heterocycles. The van der Waals surface area contributed by atoms with Crippen molar-refractivity contribution in [2.75, 3.05) is 12.3 Å². The highest BCUT2D eigenvalue weighted by atomic mass is 16.1. The van der Waals surface area contributed by atoms with Gasteiger partial charge < -0.3 is 11.5 Å². The minimum absolute atomic E-state index is 0.0568. The van der Waals surface area contributed by atoms with Gasteiger partial charge >= 0.3 is 0 Å². The predicted molar refractivity (Wildman–Crippen MR) is 60.6 cm³/mol. The van der Waals surface area contributed by atoms with Gasteiger partial charge in [0.2, 0.25) is 0 Å². The molecule has 0 aliphatic rings. The molecule has 4 N–H and O–H groups in total. The Morgan fingerprint density at radius 2 is 2.13 bits per heavy atom. The fraction of sp³-hybridized carbons (Fsp3) is 0.455. The van der Waals surface area contributed by atoms with E-state index in [1.807, 2.05) is 6.92 Å². The molecule has 0 aliphatic carbocycles. The maximum absolute atomic E-state index is 12.1.